The highest BCUT2D eigenvalue weighted by molar-refractivity contribution is 5.85. The number of anilines is 1. The molecule has 4 nitrogen and oxygen atoms in total. The molecule has 1 aromatic rings. The van der Waals surface area contributed by atoms with E-state index in [4.69, 9.17) is 10.5 Å². The molecule has 0 unspecified atom stereocenters. The van der Waals surface area contributed by atoms with Crippen molar-refractivity contribution >= 4 is 18.1 Å². The number of hydrogen-bond acceptors (Lipinski definition) is 3. The molecule has 13 heavy (non-hydrogen) atoms. The molecular formula is C8H14ClN3O. The Kier molecular flexibility index (Phi) is 3.57. The van der Waals surface area contributed by atoms with Crippen molar-refractivity contribution in [1.82, 2.24) is 9.78 Å². The molecule has 2 N–H and O–H groups in total. The van der Waals surface area contributed by atoms with Crippen molar-refractivity contribution in [3.8, 4) is 0 Å². The predicted octanol–water partition coefficient (Wildman–Crippen LogP) is 1.24. The van der Waals surface area contributed by atoms with Gasteiger partial charge in [0.05, 0.1) is 17.9 Å². The molecule has 1 aromatic heterocycles. The Morgan fingerprint density at radius 2 is 2.15 bits per heavy atom. The van der Waals surface area contributed by atoms with Crippen molar-refractivity contribution in [2.24, 2.45) is 0 Å². The van der Waals surface area contributed by atoms with E-state index in [2.05, 4.69) is 5.10 Å². The third kappa shape index (κ3) is 2.35. The van der Waals surface area contributed by atoms with Crippen LogP contribution in [0.15, 0.2) is 12.4 Å². The van der Waals surface area contributed by atoms with E-state index in [-0.39, 0.29) is 12.4 Å². The summed E-state index contributed by atoms with van der Waals surface area (Å²) in [5.41, 5.74) is 6.31. The molecule has 0 spiro atoms. The molecule has 0 saturated carbocycles. The zero-order valence-corrected chi connectivity index (χ0v) is 8.17. The number of nitrogen functional groups attached to an aromatic ring is 1. The fourth-order valence-electron chi connectivity index (χ4n) is 1.50. The number of aromatic nitrogens is 2. The lowest BCUT2D eigenvalue weighted by Gasteiger charge is -2.22. The average Bonchev–Trinajstić information content (AvgIpc) is 2.54. The lowest BCUT2D eigenvalue weighted by molar-refractivity contribution is 0.0662. The fraction of sp³-hybridized carbons (Fsp3) is 0.625. The van der Waals surface area contributed by atoms with E-state index >= 15 is 0 Å². The van der Waals surface area contributed by atoms with E-state index in [0.29, 0.717) is 6.04 Å². The van der Waals surface area contributed by atoms with Crippen LogP contribution in [0, 0.1) is 0 Å². The average molecular weight is 204 g/mol. The Morgan fingerprint density at radius 1 is 1.46 bits per heavy atom. The SMILES string of the molecule is Cl.Nc1cnn(C2CCOCC2)c1. The van der Waals surface area contributed by atoms with Crippen molar-refractivity contribution in [1.29, 1.82) is 0 Å². The fourth-order valence-corrected chi connectivity index (χ4v) is 1.50. The van der Waals surface area contributed by atoms with Gasteiger partial charge in [-0.3, -0.25) is 4.68 Å². The van der Waals surface area contributed by atoms with Crippen LogP contribution < -0.4 is 5.73 Å². The smallest absolute Gasteiger partial charge is 0.0719 e. The Morgan fingerprint density at radius 3 is 2.69 bits per heavy atom. The molecule has 0 radical (unpaired) electrons. The Hall–Kier alpha value is -0.740. The molecule has 0 atom stereocenters. The first-order valence-corrected chi connectivity index (χ1v) is 4.23. The van der Waals surface area contributed by atoms with E-state index in [1.54, 1.807) is 6.20 Å². The molecule has 2 rings (SSSR count). The van der Waals surface area contributed by atoms with Gasteiger partial charge in [0.15, 0.2) is 0 Å². The van der Waals surface area contributed by atoms with Crippen LogP contribution in [0.1, 0.15) is 18.9 Å². The molecule has 0 aliphatic carbocycles. The minimum Gasteiger partial charge on any atom is -0.396 e. The number of nitrogens with two attached hydrogens (primary N) is 1. The molecule has 1 saturated heterocycles. The van der Waals surface area contributed by atoms with Gasteiger partial charge in [-0.25, -0.2) is 0 Å². The second-order valence-corrected chi connectivity index (χ2v) is 3.10. The van der Waals surface area contributed by atoms with Gasteiger partial charge >= 0.3 is 0 Å². The van der Waals surface area contributed by atoms with Gasteiger partial charge in [0, 0.05) is 19.4 Å². The van der Waals surface area contributed by atoms with Crippen molar-refractivity contribution < 1.29 is 4.74 Å². The van der Waals surface area contributed by atoms with Gasteiger partial charge in [0.2, 0.25) is 0 Å². The summed E-state index contributed by atoms with van der Waals surface area (Å²) in [6.07, 6.45) is 5.66. The summed E-state index contributed by atoms with van der Waals surface area (Å²) in [6, 6.07) is 0.482. The maximum Gasteiger partial charge on any atom is 0.0719 e. The van der Waals surface area contributed by atoms with Gasteiger partial charge in [-0.05, 0) is 12.8 Å². The summed E-state index contributed by atoms with van der Waals surface area (Å²) in [4.78, 5) is 0. The maximum atomic E-state index is 5.57. The first kappa shape index (κ1) is 10.3. The third-order valence-electron chi connectivity index (χ3n) is 2.19. The van der Waals surface area contributed by atoms with Crippen molar-refractivity contribution in [2.75, 3.05) is 18.9 Å². The minimum absolute atomic E-state index is 0. The number of ether oxygens (including phenoxy) is 1. The summed E-state index contributed by atoms with van der Waals surface area (Å²) in [5.74, 6) is 0. The zero-order valence-electron chi connectivity index (χ0n) is 7.35. The molecule has 0 bridgehead atoms. The van der Waals surface area contributed by atoms with Crippen LogP contribution in [0.4, 0.5) is 5.69 Å². The van der Waals surface area contributed by atoms with Crippen LogP contribution >= 0.6 is 12.4 Å². The van der Waals surface area contributed by atoms with Crippen LogP contribution in [0.2, 0.25) is 0 Å². The Bertz CT molecular complexity index is 258. The second kappa shape index (κ2) is 4.48. The van der Waals surface area contributed by atoms with E-state index in [0.717, 1.165) is 31.7 Å². The van der Waals surface area contributed by atoms with Gasteiger partial charge in [-0.2, -0.15) is 5.10 Å². The van der Waals surface area contributed by atoms with Gasteiger partial charge in [0.25, 0.3) is 0 Å². The summed E-state index contributed by atoms with van der Waals surface area (Å²) in [6.45, 7) is 1.68. The Balaban J connectivity index is 0.000000845. The zero-order chi connectivity index (χ0) is 8.39. The predicted molar refractivity (Wildman–Crippen MR) is 53.0 cm³/mol. The topological polar surface area (TPSA) is 53.1 Å². The van der Waals surface area contributed by atoms with E-state index in [1.165, 1.54) is 0 Å². The first-order chi connectivity index (χ1) is 5.86. The van der Waals surface area contributed by atoms with Gasteiger partial charge in [-0.1, -0.05) is 0 Å². The third-order valence-corrected chi connectivity index (χ3v) is 2.19. The van der Waals surface area contributed by atoms with Crippen molar-refractivity contribution in [2.45, 2.75) is 18.9 Å². The normalized spacial score (nSPS) is 18.2. The molecular weight excluding hydrogens is 190 g/mol. The van der Waals surface area contributed by atoms with Crippen LogP contribution in [-0.2, 0) is 4.74 Å². The summed E-state index contributed by atoms with van der Waals surface area (Å²) in [5, 5.41) is 4.18. The van der Waals surface area contributed by atoms with Crippen molar-refractivity contribution in [3.63, 3.8) is 0 Å². The number of halogens is 1. The molecule has 0 amide bonds. The standard InChI is InChI=1S/C8H13N3O.ClH/c9-7-5-10-11(6-7)8-1-3-12-4-2-8;/h5-6,8H,1-4,9H2;1H. The van der Waals surface area contributed by atoms with Crippen LogP contribution in [0.25, 0.3) is 0 Å². The molecule has 5 heteroatoms. The van der Waals surface area contributed by atoms with Gasteiger partial charge < -0.3 is 10.5 Å². The van der Waals surface area contributed by atoms with E-state index in [9.17, 15) is 0 Å². The molecule has 0 aromatic carbocycles. The summed E-state index contributed by atoms with van der Waals surface area (Å²) in [7, 11) is 0. The number of nitrogens with zero attached hydrogens (tertiary/aromatic N) is 2. The van der Waals surface area contributed by atoms with E-state index < -0.39 is 0 Å². The van der Waals surface area contributed by atoms with Crippen LogP contribution in [-0.4, -0.2) is 23.0 Å². The lowest BCUT2D eigenvalue weighted by Crippen LogP contribution is -2.19. The minimum atomic E-state index is 0. The number of rotatable bonds is 1. The maximum absolute atomic E-state index is 5.57. The Labute approximate surface area is 83.5 Å². The molecule has 74 valence electrons. The first-order valence-electron chi connectivity index (χ1n) is 4.23. The summed E-state index contributed by atoms with van der Waals surface area (Å²) < 4.78 is 7.20. The highest BCUT2D eigenvalue weighted by Gasteiger charge is 2.15. The van der Waals surface area contributed by atoms with Gasteiger partial charge in [-0.15, -0.1) is 12.4 Å². The van der Waals surface area contributed by atoms with Crippen LogP contribution in [0.5, 0.6) is 0 Å². The molecule has 1 aliphatic heterocycles. The monoisotopic (exact) mass is 203 g/mol. The molecule has 1 aliphatic rings. The second-order valence-electron chi connectivity index (χ2n) is 3.10. The largest absolute Gasteiger partial charge is 0.396 e. The van der Waals surface area contributed by atoms with Crippen molar-refractivity contribution in [3.05, 3.63) is 12.4 Å². The molecule has 1 fully saturated rings. The quantitative estimate of drug-likeness (QED) is 0.747. The summed E-state index contributed by atoms with van der Waals surface area (Å²) >= 11 is 0. The highest BCUT2D eigenvalue weighted by atomic mass is 35.5. The number of hydrogen-bond donors (Lipinski definition) is 1. The highest BCUT2D eigenvalue weighted by Crippen LogP contribution is 2.20. The lowest BCUT2D eigenvalue weighted by atomic mass is 10.1. The van der Waals surface area contributed by atoms with Gasteiger partial charge in [0.1, 0.15) is 0 Å². The molecule has 2 heterocycles. The van der Waals surface area contributed by atoms with E-state index in [1.807, 2.05) is 10.9 Å². The van der Waals surface area contributed by atoms with Crippen LogP contribution in [0.3, 0.4) is 0 Å².